The lowest BCUT2D eigenvalue weighted by Crippen LogP contribution is -2.65. The van der Waals surface area contributed by atoms with Gasteiger partial charge in [-0.05, 0) is 123 Å². The molecule has 7 rings (SSSR count). The Morgan fingerprint density at radius 2 is 1.71 bits per heavy atom. The molecule has 0 amide bonds. The van der Waals surface area contributed by atoms with Gasteiger partial charge in [0, 0.05) is 29.9 Å². The minimum atomic E-state index is -1.16. The van der Waals surface area contributed by atoms with E-state index in [-0.39, 0.29) is 45.5 Å². The zero-order chi connectivity index (χ0) is 37.6. The quantitative estimate of drug-likeness (QED) is 0.266. The summed E-state index contributed by atoms with van der Waals surface area (Å²) in [6.45, 7) is 19.8. The van der Waals surface area contributed by atoms with Crippen molar-refractivity contribution < 1.29 is 28.6 Å². The highest BCUT2D eigenvalue weighted by Gasteiger charge is 2.70. The first kappa shape index (κ1) is 37.0. The largest absolute Gasteiger partial charge is 0.481 e. The highest BCUT2D eigenvalue weighted by molar-refractivity contribution is 6.00. The number of carbonyl (C=O) groups is 3. The first-order valence-electron chi connectivity index (χ1n) is 19.7. The van der Waals surface area contributed by atoms with Gasteiger partial charge in [0.1, 0.15) is 11.8 Å². The molecule has 52 heavy (non-hydrogen) atoms. The first-order chi connectivity index (χ1) is 24.3. The van der Waals surface area contributed by atoms with E-state index in [2.05, 4.69) is 63.6 Å². The van der Waals surface area contributed by atoms with Crippen LogP contribution in [0.1, 0.15) is 132 Å². The van der Waals surface area contributed by atoms with Crippen LogP contribution >= 0.6 is 0 Å². The summed E-state index contributed by atoms with van der Waals surface area (Å²) in [5.41, 5.74) is 1.58. The molecule has 0 bridgehead atoms. The van der Waals surface area contributed by atoms with Crippen LogP contribution in [0, 0.1) is 56.2 Å². The zero-order valence-electron chi connectivity index (χ0n) is 32.8. The van der Waals surface area contributed by atoms with Crippen LogP contribution in [0.3, 0.4) is 0 Å². The van der Waals surface area contributed by atoms with Crippen LogP contribution < -0.4 is 0 Å². The van der Waals surface area contributed by atoms with Gasteiger partial charge in [-0.25, -0.2) is 0 Å². The van der Waals surface area contributed by atoms with E-state index in [9.17, 15) is 19.5 Å². The standard InChI is InChI=1S/C43H59N3O6/c1-25(2)34-28(47)22-43(23-32-45-46-36(52-32)27-12-10-11-21-44-27)20-19-41(8)26(35(34)43)13-14-30-40(7)17-16-31(51-33(48)24-38(3,4)37(49)50)39(5,6)29(40)15-18-42(30,41)9/h10-12,21,25-26,29-31H,13-20,22-24H2,1-9H3,(H,49,50)/t26-,29+,30-,31+,40+,41-,42-,43+/m1/s1. The minimum absolute atomic E-state index is 0.0251. The van der Waals surface area contributed by atoms with Crippen molar-refractivity contribution in [3.8, 4) is 11.6 Å². The molecule has 0 aromatic carbocycles. The van der Waals surface area contributed by atoms with E-state index in [4.69, 9.17) is 9.15 Å². The molecule has 2 aromatic heterocycles. The van der Waals surface area contributed by atoms with Crippen LogP contribution in [0.25, 0.3) is 11.6 Å². The van der Waals surface area contributed by atoms with Gasteiger partial charge in [-0.1, -0.05) is 60.1 Å². The molecule has 9 nitrogen and oxygen atoms in total. The molecule has 9 heteroatoms. The number of esters is 1. The van der Waals surface area contributed by atoms with Crippen molar-refractivity contribution in [2.24, 2.45) is 56.2 Å². The predicted molar refractivity (Wildman–Crippen MR) is 197 cm³/mol. The molecule has 1 N–H and O–H groups in total. The molecule has 282 valence electrons. The van der Waals surface area contributed by atoms with E-state index in [1.807, 2.05) is 18.2 Å². The zero-order valence-corrected chi connectivity index (χ0v) is 32.8. The molecule has 0 spiro atoms. The lowest BCUT2D eigenvalue weighted by molar-refractivity contribution is -0.233. The normalized spacial score (nSPS) is 36.8. The van der Waals surface area contributed by atoms with Crippen molar-refractivity contribution in [3.05, 3.63) is 41.4 Å². The van der Waals surface area contributed by atoms with Gasteiger partial charge in [-0.2, -0.15) is 0 Å². The maximum absolute atomic E-state index is 14.1. The Labute approximate surface area is 309 Å². The number of fused-ring (bicyclic) bond motifs is 7. The molecule has 0 saturated heterocycles. The average Bonchev–Trinajstić information content (AvgIpc) is 3.64. The molecule has 2 aromatic rings. The van der Waals surface area contributed by atoms with Gasteiger partial charge in [0.25, 0.3) is 5.89 Å². The number of nitrogens with zero attached hydrogens (tertiary/aromatic N) is 3. The summed E-state index contributed by atoms with van der Waals surface area (Å²) in [7, 11) is 0. The number of pyridine rings is 1. The number of aliphatic carboxylic acids is 1. The van der Waals surface area contributed by atoms with Crippen molar-refractivity contribution in [2.45, 2.75) is 139 Å². The molecule has 4 fully saturated rings. The maximum Gasteiger partial charge on any atom is 0.309 e. The number of allylic oxidation sites excluding steroid dienone is 2. The van der Waals surface area contributed by atoms with Crippen molar-refractivity contribution in [1.82, 2.24) is 15.2 Å². The Balaban J connectivity index is 1.18. The Morgan fingerprint density at radius 3 is 2.38 bits per heavy atom. The second kappa shape index (κ2) is 12.3. The highest BCUT2D eigenvalue weighted by atomic mass is 16.5. The number of carboxylic acid groups (broad SMARTS) is 1. The third kappa shape index (κ3) is 5.44. The van der Waals surface area contributed by atoms with Gasteiger partial charge in [-0.15, -0.1) is 10.2 Å². The maximum atomic E-state index is 14.1. The predicted octanol–water partition coefficient (Wildman–Crippen LogP) is 9.07. The van der Waals surface area contributed by atoms with Gasteiger partial charge < -0.3 is 14.3 Å². The number of Topliss-reactive ketones (excluding diaryl/α,β-unsaturated/α-hetero) is 1. The number of carbonyl (C=O) groups excluding carboxylic acids is 2. The lowest BCUT2D eigenvalue weighted by atomic mass is 9.33. The second-order valence-corrected chi connectivity index (χ2v) is 19.6. The second-order valence-electron chi connectivity index (χ2n) is 19.6. The van der Waals surface area contributed by atoms with Gasteiger partial charge in [0.15, 0.2) is 5.78 Å². The summed E-state index contributed by atoms with van der Waals surface area (Å²) < 4.78 is 12.4. The minimum Gasteiger partial charge on any atom is -0.481 e. The van der Waals surface area contributed by atoms with E-state index in [0.717, 1.165) is 56.9 Å². The molecule has 0 radical (unpaired) electrons. The Kier molecular flexibility index (Phi) is 8.77. The molecule has 2 heterocycles. The molecular weight excluding hydrogens is 654 g/mol. The van der Waals surface area contributed by atoms with Crippen molar-refractivity contribution in [2.75, 3.05) is 0 Å². The van der Waals surface area contributed by atoms with Crippen LogP contribution in [0.2, 0.25) is 0 Å². The van der Waals surface area contributed by atoms with E-state index < -0.39 is 17.4 Å². The van der Waals surface area contributed by atoms with Gasteiger partial charge in [0.2, 0.25) is 5.89 Å². The van der Waals surface area contributed by atoms with Gasteiger partial charge in [-0.3, -0.25) is 19.4 Å². The topological polar surface area (TPSA) is 132 Å². The number of ether oxygens (including phenoxy) is 1. The van der Waals surface area contributed by atoms with Crippen molar-refractivity contribution in [3.63, 3.8) is 0 Å². The molecule has 5 aliphatic carbocycles. The third-order valence-corrected chi connectivity index (χ3v) is 15.8. The summed E-state index contributed by atoms with van der Waals surface area (Å²) in [6, 6.07) is 5.66. The Hall–Kier alpha value is -3.36. The number of aromatic nitrogens is 3. The van der Waals surface area contributed by atoms with Gasteiger partial charge in [0.05, 0.1) is 11.8 Å². The molecule has 0 unspecified atom stereocenters. The molecule has 4 saturated carbocycles. The Bertz CT molecular complexity index is 1790. The first-order valence-corrected chi connectivity index (χ1v) is 19.7. The van der Waals surface area contributed by atoms with Crippen LogP contribution in [0.5, 0.6) is 0 Å². The Morgan fingerprint density at radius 1 is 0.962 bits per heavy atom. The fourth-order valence-corrected chi connectivity index (χ4v) is 13.0. The molecule has 5 aliphatic rings. The number of hydrogen-bond acceptors (Lipinski definition) is 8. The van der Waals surface area contributed by atoms with Crippen LogP contribution in [-0.2, 0) is 25.5 Å². The van der Waals surface area contributed by atoms with E-state index >= 15 is 0 Å². The highest BCUT2D eigenvalue weighted by Crippen LogP contribution is 2.77. The monoisotopic (exact) mass is 713 g/mol. The lowest BCUT2D eigenvalue weighted by Gasteiger charge is -2.72. The average molecular weight is 714 g/mol. The van der Waals surface area contributed by atoms with E-state index in [0.29, 0.717) is 53.9 Å². The third-order valence-electron chi connectivity index (χ3n) is 15.8. The van der Waals surface area contributed by atoms with Crippen LogP contribution in [-0.4, -0.2) is 44.1 Å². The van der Waals surface area contributed by atoms with E-state index in [1.165, 1.54) is 5.57 Å². The van der Waals surface area contributed by atoms with E-state index in [1.54, 1.807) is 20.0 Å². The number of ketones is 1. The van der Waals surface area contributed by atoms with Crippen LogP contribution in [0.4, 0.5) is 0 Å². The summed E-state index contributed by atoms with van der Waals surface area (Å²) in [4.78, 5) is 43.3. The fourth-order valence-electron chi connectivity index (χ4n) is 13.0. The fraction of sp³-hybridized carbons (Fsp3) is 0.721. The number of hydrogen-bond donors (Lipinski definition) is 1. The van der Waals surface area contributed by atoms with Crippen molar-refractivity contribution in [1.29, 1.82) is 0 Å². The molecule has 8 atom stereocenters. The summed E-state index contributed by atoms with van der Waals surface area (Å²) in [5, 5.41) is 18.5. The summed E-state index contributed by atoms with van der Waals surface area (Å²) in [6.07, 6.45) is 10.5. The van der Waals surface area contributed by atoms with Gasteiger partial charge >= 0.3 is 11.9 Å². The smallest absolute Gasteiger partial charge is 0.309 e. The molecular formula is C43H59N3O6. The molecule has 0 aliphatic heterocycles. The van der Waals surface area contributed by atoms with Crippen molar-refractivity contribution >= 4 is 17.7 Å². The number of carboxylic acids is 1. The summed E-state index contributed by atoms with van der Waals surface area (Å²) in [5.74, 6) is 1.24. The number of rotatable bonds is 8. The SMILES string of the molecule is CC(C)C1=C2[C@H]3CC[C@@H]4[C@@]5(C)CC[C@H](OC(=O)CC(C)(C)C(=O)O)C(C)(C)[C@@H]5CC[C@@]4(C)[C@]3(C)CC[C@@]2(Cc2nnc(-c3ccccn3)o2)CC1=O. The van der Waals surface area contributed by atoms with Crippen LogP contribution in [0.15, 0.2) is 40.0 Å². The summed E-state index contributed by atoms with van der Waals surface area (Å²) >= 11 is 0.